The number of aromatic hydroxyl groups is 1. The first-order chi connectivity index (χ1) is 9.22. The first-order valence-electron chi connectivity index (χ1n) is 5.69. The molecule has 96 valence electrons. The topological polar surface area (TPSA) is 73.8 Å². The van der Waals surface area contributed by atoms with Crippen molar-refractivity contribution in [3.8, 4) is 5.75 Å². The van der Waals surface area contributed by atoms with Gasteiger partial charge in [-0.3, -0.25) is 4.79 Å². The van der Waals surface area contributed by atoms with Gasteiger partial charge in [0.25, 0.3) is 0 Å². The van der Waals surface area contributed by atoms with Gasteiger partial charge in [-0.25, -0.2) is 0 Å². The van der Waals surface area contributed by atoms with Crippen molar-refractivity contribution < 1.29 is 19.7 Å². The minimum absolute atomic E-state index is 0.0404. The number of aromatic nitrogens is 1. The van der Waals surface area contributed by atoms with Crippen LogP contribution in [0, 0.1) is 0 Å². The highest BCUT2D eigenvalue weighted by Gasteiger charge is 2.17. The second-order valence-corrected chi connectivity index (χ2v) is 3.94. The van der Waals surface area contributed by atoms with E-state index in [4.69, 9.17) is 5.21 Å². The van der Waals surface area contributed by atoms with E-state index in [2.05, 4.69) is 5.16 Å². The summed E-state index contributed by atoms with van der Waals surface area (Å²) in [6, 6.07) is 11.7. The lowest BCUT2D eigenvalue weighted by Crippen LogP contribution is -2.41. The average Bonchev–Trinajstić information content (AvgIpc) is 2.41. The van der Waals surface area contributed by atoms with Gasteiger partial charge in [-0.1, -0.05) is 17.3 Å². The summed E-state index contributed by atoms with van der Waals surface area (Å²) >= 11 is 0. The van der Waals surface area contributed by atoms with E-state index < -0.39 is 0 Å². The van der Waals surface area contributed by atoms with E-state index in [0.29, 0.717) is 5.69 Å². The molecule has 0 saturated carbocycles. The highest BCUT2D eigenvalue weighted by Crippen LogP contribution is 2.15. The first kappa shape index (κ1) is 12.8. The number of hydrogen-bond acceptors (Lipinski definition) is 4. The monoisotopic (exact) mass is 257 g/mol. The molecule has 1 heterocycles. The van der Waals surface area contributed by atoms with Crippen molar-refractivity contribution in [2.45, 2.75) is 6.54 Å². The van der Waals surface area contributed by atoms with Crippen LogP contribution in [0.25, 0.3) is 0 Å². The van der Waals surface area contributed by atoms with Gasteiger partial charge in [0.1, 0.15) is 12.0 Å². The van der Waals surface area contributed by atoms with Crippen LogP contribution in [-0.4, -0.2) is 22.3 Å². The van der Waals surface area contributed by atoms with Gasteiger partial charge in [-0.2, -0.15) is 4.57 Å². The standard InChI is InChI=1S/C14H12N2O3/c17-13-7-2-1-6-12(13)14(18)10-16-8-4-3-5-11(16)9-15-19/h1-9H,10H2,(H,17,18)/p+1. The number of phenols is 1. The SMILES string of the molecule is O=C(C[n+]1ccccc1C=NO)c1ccccc1O. The Morgan fingerprint density at radius 1 is 1.21 bits per heavy atom. The average molecular weight is 257 g/mol. The maximum absolute atomic E-state index is 12.1. The van der Waals surface area contributed by atoms with Crippen LogP contribution in [0.4, 0.5) is 0 Å². The summed E-state index contributed by atoms with van der Waals surface area (Å²) in [5.41, 5.74) is 0.861. The number of pyridine rings is 1. The van der Waals surface area contributed by atoms with Crippen LogP contribution < -0.4 is 4.57 Å². The minimum atomic E-state index is -0.220. The predicted molar refractivity (Wildman–Crippen MR) is 68.5 cm³/mol. The molecule has 0 radical (unpaired) electrons. The summed E-state index contributed by atoms with van der Waals surface area (Å²) in [6.45, 7) is 0.0553. The fourth-order valence-electron chi connectivity index (χ4n) is 1.76. The van der Waals surface area contributed by atoms with Crippen molar-refractivity contribution in [2.75, 3.05) is 0 Å². The van der Waals surface area contributed by atoms with Crippen LogP contribution in [0.5, 0.6) is 5.75 Å². The third-order valence-corrected chi connectivity index (χ3v) is 2.68. The molecule has 5 heteroatoms. The van der Waals surface area contributed by atoms with Crippen LogP contribution in [0.2, 0.25) is 0 Å². The summed E-state index contributed by atoms with van der Waals surface area (Å²) < 4.78 is 1.63. The fraction of sp³-hybridized carbons (Fsp3) is 0.0714. The highest BCUT2D eigenvalue weighted by atomic mass is 16.4. The van der Waals surface area contributed by atoms with E-state index in [1.54, 1.807) is 47.2 Å². The van der Waals surface area contributed by atoms with Crippen molar-refractivity contribution in [3.63, 3.8) is 0 Å². The summed E-state index contributed by atoms with van der Waals surface area (Å²) in [6.07, 6.45) is 2.95. The van der Waals surface area contributed by atoms with Gasteiger partial charge in [-0.05, 0) is 18.2 Å². The summed E-state index contributed by atoms with van der Waals surface area (Å²) in [5, 5.41) is 21.2. The molecule has 5 nitrogen and oxygen atoms in total. The van der Waals surface area contributed by atoms with Crippen molar-refractivity contribution in [1.82, 2.24) is 0 Å². The molecule has 1 aromatic carbocycles. The normalized spacial score (nSPS) is 10.7. The third kappa shape index (κ3) is 2.95. The molecule has 0 bridgehead atoms. The molecule has 0 aliphatic heterocycles. The molecular formula is C14H13N2O3+. The zero-order chi connectivity index (χ0) is 13.7. The Labute approximate surface area is 110 Å². The van der Waals surface area contributed by atoms with Gasteiger partial charge >= 0.3 is 0 Å². The molecular weight excluding hydrogens is 244 g/mol. The molecule has 0 saturated heterocycles. The number of phenolic OH excluding ortho intramolecular Hbond substituents is 1. The van der Waals surface area contributed by atoms with Gasteiger partial charge in [0.05, 0.1) is 5.56 Å². The van der Waals surface area contributed by atoms with Gasteiger partial charge < -0.3 is 10.3 Å². The van der Waals surface area contributed by atoms with E-state index in [1.807, 2.05) is 0 Å². The number of carbonyl (C=O) groups is 1. The van der Waals surface area contributed by atoms with Gasteiger partial charge in [0.2, 0.25) is 18.0 Å². The zero-order valence-corrected chi connectivity index (χ0v) is 10.1. The Kier molecular flexibility index (Phi) is 3.87. The third-order valence-electron chi connectivity index (χ3n) is 2.68. The molecule has 0 fully saturated rings. The van der Waals surface area contributed by atoms with Crippen LogP contribution in [0.3, 0.4) is 0 Å². The van der Waals surface area contributed by atoms with Gasteiger partial charge in [0, 0.05) is 12.1 Å². The van der Waals surface area contributed by atoms with Gasteiger partial charge in [-0.15, -0.1) is 0 Å². The molecule has 2 rings (SSSR count). The number of carbonyl (C=O) groups excluding carboxylic acids is 1. The van der Waals surface area contributed by atoms with Crippen molar-refractivity contribution in [2.24, 2.45) is 5.16 Å². The Morgan fingerprint density at radius 3 is 2.68 bits per heavy atom. The predicted octanol–water partition coefficient (Wildman–Crippen LogP) is 1.37. The van der Waals surface area contributed by atoms with Crippen LogP contribution >= 0.6 is 0 Å². The molecule has 0 aliphatic carbocycles. The zero-order valence-electron chi connectivity index (χ0n) is 10.1. The van der Waals surface area contributed by atoms with E-state index in [1.165, 1.54) is 12.3 Å². The summed E-state index contributed by atoms with van der Waals surface area (Å²) in [4.78, 5) is 12.1. The maximum Gasteiger partial charge on any atom is 0.231 e. The lowest BCUT2D eigenvalue weighted by molar-refractivity contribution is -0.684. The second-order valence-electron chi connectivity index (χ2n) is 3.94. The molecule has 0 unspecified atom stereocenters. The number of ketones is 1. The van der Waals surface area contributed by atoms with E-state index in [9.17, 15) is 9.90 Å². The number of hydrogen-bond donors (Lipinski definition) is 2. The minimum Gasteiger partial charge on any atom is -0.507 e. The molecule has 0 amide bonds. The smallest absolute Gasteiger partial charge is 0.231 e. The molecule has 2 N–H and O–H groups in total. The first-order valence-corrected chi connectivity index (χ1v) is 5.69. The number of para-hydroxylation sites is 1. The number of oxime groups is 1. The Balaban J connectivity index is 2.27. The summed E-state index contributed by atoms with van der Waals surface area (Å²) in [7, 11) is 0. The molecule has 19 heavy (non-hydrogen) atoms. The molecule has 0 atom stereocenters. The van der Waals surface area contributed by atoms with Crippen LogP contribution in [0.15, 0.2) is 53.8 Å². The number of rotatable bonds is 4. The molecule has 2 aromatic rings. The second kappa shape index (κ2) is 5.77. The van der Waals surface area contributed by atoms with Crippen molar-refractivity contribution >= 4 is 12.0 Å². The lowest BCUT2D eigenvalue weighted by atomic mass is 10.1. The quantitative estimate of drug-likeness (QED) is 0.285. The Morgan fingerprint density at radius 2 is 1.95 bits per heavy atom. The number of nitrogens with zero attached hydrogens (tertiary/aromatic N) is 2. The molecule has 0 spiro atoms. The van der Waals surface area contributed by atoms with E-state index >= 15 is 0 Å². The molecule has 1 aromatic heterocycles. The lowest BCUT2D eigenvalue weighted by Gasteiger charge is -2.02. The summed E-state index contributed by atoms with van der Waals surface area (Å²) in [5.74, 6) is -0.261. The molecule has 0 aliphatic rings. The Bertz CT molecular complexity index is 624. The Hall–Kier alpha value is -2.69. The van der Waals surface area contributed by atoms with Crippen molar-refractivity contribution in [3.05, 3.63) is 59.9 Å². The van der Waals surface area contributed by atoms with Crippen LogP contribution in [-0.2, 0) is 6.54 Å². The highest BCUT2D eigenvalue weighted by molar-refractivity contribution is 5.97. The van der Waals surface area contributed by atoms with E-state index in [0.717, 1.165) is 0 Å². The number of benzene rings is 1. The van der Waals surface area contributed by atoms with Gasteiger partial charge in [0.15, 0.2) is 6.20 Å². The van der Waals surface area contributed by atoms with E-state index in [-0.39, 0.29) is 23.6 Å². The van der Waals surface area contributed by atoms with Crippen LogP contribution in [0.1, 0.15) is 16.1 Å². The maximum atomic E-state index is 12.1. The number of Topliss-reactive ketones (excluding diaryl/α,β-unsaturated/α-hetero) is 1. The largest absolute Gasteiger partial charge is 0.507 e. The fourth-order valence-corrected chi connectivity index (χ4v) is 1.76. The van der Waals surface area contributed by atoms with Crippen molar-refractivity contribution in [1.29, 1.82) is 0 Å².